The molecule has 0 saturated heterocycles. The molecular formula is C16H24N2O2. The van der Waals surface area contributed by atoms with Gasteiger partial charge in [0, 0.05) is 25.0 Å². The number of amides is 1. The molecule has 0 atom stereocenters. The van der Waals surface area contributed by atoms with Crippen LogP contribution in [0, 0.1) is 0 Å². The summed E-state index contributed by atoms with van der Waals surface area (Å²) < 4.78 is 5.56. The first-order valence-electron chi connectivity index (χ1n) is 7.31. The standard InChI is InChI=1S/C16H24N2O2/c1-3-10-18(14-7-4-6-13(17)11-14)15(19)12-16(20-2)8-5-9-16/h4,6-7,11H,3,5,8-10,12,17H2,1-2H3. The molecule has 1 fully saturated rings. The highest BCUT2D eigenvalue weighted by atomic mass is 16.5. The molecule has 0 spiro atoms. The van der Waals surface area contributed by atoms with Crippen molar-refractivity contribution < 1.29 is 9.53 Å². The molecule has 1 amide bonds. The molecule has 2 rings (SSSR count). The maximum Gasteiger partial charge on any atom is 0.229 e. The number of carbonyl (C=O) groups excluding carboxylic acids is 1. The number of hydrogen-bond donors (Lipinski definition) is 1. The van der Waals surface area contributed by atoms with Crippen LogP contribution in [0.15, 0.2) is 24.3 Å². The lowest BCUT2D eigenvalue weighted by atomic mass is 9.77. The van der Waals surface area contributed by atoms with Crippen molar-refractivity contribution in [2.45, 2.75) is 44.6 Å². The minimum atomic E-state index is -0.233. The molecule has 110 valence electrons. The number of rotatable bonds is 6. The van der Waals surface area contributed by atoms with Gasteiger partial charge in [0.15, 0.2) is 0 Å². The van der Waals surface area contributed by atoms with Crippen LogP contribution in [-0.4, -0.2) is 25.2 Å². The Morgan fingerprint density at radius 2 is 2.20 bits per heavy atom. The molecule has 0 bridgehead atoms. The number of carbonyl (C=O) groups is 1. The first-order valence-corrected chi connectivity index (χ1v) is 7.31. The van der Waals surface area contributed by atoms with E-state index in [2.05, 4.69) is 6.92 Å². The lowest BCUT2D eigenvalue weighted by Crippen LogP contribution is -2.45. The Morgan fingerprint density at radius 3 is 2.70 bits per heavy atom. The summed E-state index contributed by atoms with van der Waals surface area (Å²) in [5.74, 6) is 0.124. The number of ether oxygens (including phenoxy) is 1. The number of anilines is 2. The van der Waals surface area contributed by atoms with Crippen molar-refractivity contribution in [2.24, 2.45) is 0 Å². The van der Waals surface area contributed by atoms with Crippen molar-refractivity contribution in [1.29, 1.82) is 0 Å². The summed E-state index contributed by atoms with van der Waals surface area (Å²) in [7, 11) is 1.71. The third kappa shape index (κ3) is 3.12. The molecular weight excluding hydrogens is 252 g/mol. The zero-order valence-electron chi connectivity index (χ0n) is 12.4. The summed E-state index contributed by atoms with van der Waals surface area (Å²) in [5.41, 5.74) is 7.15. The first kappa shape index (κ1) is 14.9. The summed E-state index contributed by atoms with van der Waals surface area (Å²) in [5, 5.41) is 0. The second-order valence-electron chi connectivity index (χ2n) is 5.56. The van der Waals surface area contributed by atoms with Crippen molar-refractivity contribution >= 4 is 17.3 Å². The van der Waals surface area contributed by atoms with Gasteiger partial charge in [-0.1, -0.05) is 13.0 Å². The summed E-state index contributed by atoms with van der Waals surface area (Å²) in [4.78, 5) is 14.4. The van der Waals surface area contributed by atoms with Gasteiger partial charge >= 0.3 is 0 Å². The number of methoxy groups -OCH3 is 1. The SMILES string of the molecule is CCCN(C(=O)CC1(OC)CCC1)c1cccc(N)c1. The van der Waals surface area contributed by atoms with Crippen molar-refractivity contribution in [3.05, 3.63) is 24.3 Å². The smallest absolute Gasteiger partial charge is 0.229 e. The molecule has 20 heavy (non-hydrogen) atoms. The van der Waals surface area contributed by atoms with Crippen LogP contribution < -0.4 is 10.6 Å². The van der Waals surface area contributed by atoms with Crippen LogP contribution in [0.5, 0.6) is 0 Å². The predicted molar refractivity (Wildman–Crippen MR) is 81.7 cm³/mol. The van der Waals surface area contributed by atoms with Crippen LogP contribution in [0.3, 0.4) is 0 Å². The fraction of sp³-hybridized carbons (Fsp3) is 0.562. The van der Waals surface area contributed by atoms with Gasteiger partial charge in [0.1, 0.15) is 0 Å². The van der Waals surface area contributed by atoms with Crippen LogP contribution >= 0.6 is 0 Å². The highest BCUT2D eigenvalue weighted by Crippen LogP contribution is 2.38. The van der Waals surface area contributed by atoms with E-state index < -0.39 is 0 Å². The van der Waals surface area contributed by atoms with Gasteiger partial charge in [-0.05, 0) is 43.9 Å². The van der Waals surface area contributed by atoms with E-state index in [0.717, 1.165) is 31.4 Å². The first-order chi connectivity index (χ1) is 9.60. The van der Waals surface area contributed by atoms with E-state index >= 15 is 0 Å². The van der Waals surface area contributed by atoms with E-state index in [1.807, 2.05) is 29.2 Å². The van der Waals surface area contributed by atoms with E-state index in [0.29, 0.717) is 18.7 Å². The molecule has 0 heterocycles. The Balaban J connectivity index is 2.13. The largest absolute Gasteiger partial charge is 0.399 e. The Labute approximate surface area is 120 Å². The summed E-state index contributed by atoms with van der Waals surface area (Å²) in [6, 6.07) is 7.51. The van der Waals surface area contributed by atoms with Crippen molar-refractivity contribution in [3.8, 4) is 0 Å². The number of nitrogens with two attached hydrogens (primary N) is 1. The van der Waals surface area contributed by atoms with Crippen molar-refractivity contribution in [1.82, 2.24) is 0 Å². The third-order valence-electron chi connectivity index (χ3n) is 4.10. The van der Waals surface area contributed by atoms with Crippen LogP contribution in [0.25, 0.3) is 0 Å². The molecule has 0 unspecified atom stereocenters. The topological polar surface area (TPSA) is 55.6 Å². The maximum atomic E-state index is 12.6. The lowest BCUT2D eigenvalue weighted by Gasteiger charge is -2.41. The summed E-state index contributed by atoms with van der Waals surface area (Å²) >= 11 is 0. The number of benzene rings is 1. The quantitative estimate of drug-likeness (QED) is 0.813. The van der Waals surface area contributed by atoms with Gasteiger partial charge in [-0.25, -0.2) is 0 Å². The minimum Gasteiger partial charge on any atom is -0.399 e. The van der Waals surface area contributed by atoms with Crippen LogP contribution in [0.1, 0.15) is 39.0 Å². The minimum absolute atomic E-state index is 0.124. The van der Waals surface area contributed by atoms with Gasteiger partial charge in [0.2, 0.25) is 5.91 Å². The zero-order valence-corrected chi connectivity index (χ0v) is 12.4. The molecule has 4 heteroatoms. The van der Waals surface area contributed by atoms with E-state index in [4.69, 9.17) is 10.5 Å². The van der Waals surface area contributed by atoms with Gasteiger partial charge < -0.3 is 15.4 Å². The molecule has 0 aliphatic heterocycles. The van der Waals surface area contributed by atoms with Crippen LogP contribution in [0.2, 0.25) is 0 Å². The monoisotopic (exact) mass is 276 g/mol. The van der Waals surface area contributed by atoms with Gasteiger partial charge in [-0.3, -0.25) is 4.79 Å². The number of nitrogen functional groups attached to an aromatic ring is 1. The molecule has 1 saturated carbocycles. The van der Waals surface area contributed by atoms with Gasteiger partial charge in [-0.15, -0.1) is 0 Å². The average Bonchev–Trinajstić information content (AvgIpc) is 2.40. The highest BCUT2D eigenvalue weighted by molar-refractivity contribution is 5.94. The molecule has 1 aromatic rings. The fourth-order valence-electron chi connectivity index (χ4n) is 2.71. The Morgan fingerprint density at radius 1 is 1.45 bits per heavy atom. The Bertz CT molecular complexity index is 464. The van der Waals surface area contributed by atoms with E-state index in [-0.39, 0.29) is 11.5 Å². The predicted octanol–water partition coefficient (Wildman–Crippen LogP) is 2.97. The molecule has 2 N–H and O–H groups in total. The lowest BCUT2D eigenvalue weighted by molar-refractivity contribution is -0.131. The average molecular weight is 276 g/mol. The summed E-state index contributed by atoms with van der Waals surface area (Å²) in [6.07, 6.45) is 4.48. The highest BCUT2D eigenvalue weighted by Gasteiger charge is 2.40. The number of hydrogen-bond acceptors (Lipinski definition) is 3. The van der Waals surface area contributed by atoms with Gasteiger partial charge in [0.05, 0.1) is 12.0 Å². The maximum absolute atomic E-state index is 12.6. The Hall–Kier alpha value is -1.55. The molecule has 1 aliphatic carbocycles. The van der Waals surface area contributed by atoms with Crippen LogP contribution in [0.4, 0.5) is 11.4 Å². The zero-order chi connectivity index (χ0) is 14.6. The normalized spacial score (nSPS) is 16.5. The summed E-state index contributed by atoms with van der Waals surface area (Å²) in [6.45, 7) is 2.78. The molecule has 0 aromatic heterocycles. The van der Waals surface area contributed by atoms with E-state index in [9.17, 15) is 4.79 Å². The molecule has 4 nitrogen and oxygen atoms in total. The fourth-order valence-corrected chi connectivity index (χ4v) is 2.71. The van der Waals surface area contributed by atoms with Crippen LogP contribution in [-0.2, 0) is 9.53 Å². The second-order valence-corrected chi connectivity index (χ2v) is 5.56. The molecule has 0 radical (unpaired) electrons. The number of nitrogens with zero attached hydrogens (tertiary/aromatic N) is 1. The van der Waals surface area contributed by atoms with E-state index in [1.54, 1.807) is 7.11 Å². The Kier molecular flexibility index (Phi) is 4.65. The van der Waals surface area contributed by atoms with Crippen molar-refractivity contribution in [3.63, 3.8) is 0 Å². The molecule has 1 aromatic carbocycles. The second kappa shape index (κ2) is 6.27. The molecule has 1 aliphatic rings. The van der Waals surface area contributed by atoms with Gasteiger partial charge in [-0.2, -0.15) is 0 Å². The van der Waals surface area contributed by atoms with E-state index in [1.165, 1.54) is 0 Å². The van der Waals surface area contributed by atoms with Crippen molar-refractivity contribution in [2.75, 3.05) is 24.3 Å². The van der Waals surface area contributed by atoms with Gasteiger partial charge in [0.25, 0.3) is 0 Å². The third-order valence-corrected chi connectivity index (χ3v) is 4.10.